The Balaban J connectivity index is 2.16. The number of halogens is 1. The van der Waals surface area contributed by atoms with E-state index in [2.05, 4.69) is 0 Å². The van der Waals surface area contributed by atoms with Crippen LogP contribution in [0.1, 0.15) is 30.3 Å². The van der Waals surface area contributed by atoms with Crippen molar-refractivity contribution in [3.8, 4) is 0 Å². The fourth-order valence-corrected chi connectivity index (χ4v) is 1.74. The molecule has 0 aliphatic rings. The van der Waals surface area contributed by atoms with Gasteiger partial charge < -0.3 is 9.15 Å². The third-order valence-corrected chi connectivity index (χ3v) is 2.95. The lowest BCUT2D eigenvalue weighted by Crippen LogP contribution is -2.08. The first-order chi connectivity index (χ1) is 8.61. The van der Waals surface area contributed by atoms with Gasteiger partial charge >= 0.3 is 0 Å². The largest absolute Gasteiger partial charge is 0.450 e. The zero-order chi connectivity index (χ0) is 13.1. The minimum Gasteiger partial charge on any atom is -0.450 e. The molecule has 0 bridgehead atoms. The van der Waals surface area contributed by atoms with Gasteiger partial charge in [0.1, 0.15) is 0 Å². The minimum atomic E-state index is -0.447. The van der Waals surface area contributed by atoms with Gasteiger partial charge in [-0.2, -0.15) is 0 Å². The van der Waals surface area contributed by atoms with Crippen molar-refractivity contribution in [2.45, 2.75) is 25.9 Å². The van der Waals surface area contributed by atoms with Crippen LogP contribution in [0, 0.1) is 5.82 Å². The van der Waals surface area contributed by atoms with E-state index in [1.807, 2.05) is 6.92 Å². The predicted octanol–water partition coefficient (Wildman–Crippen LogP) is 3.57. The molecule has 0 N–H and O–H groups in total. The van der Waals surface area contributed by atoms with Crippen molar-refractivity contribution in [3.05, 3.63) is 35.8 Å². The Bertz CT molecular complexity index is 559. The van der Waals surface area contributed by atoms with Gasteiger partial charge in [-0.3, -0.25) is 4.79 Å². The highest BCUT2D eigenvalue weighted by molar-refractivity contribution is 5.97. The molecule has 96 valence electrons. The summed E-state index contributed by atoms with van der Waals surface area (Å²) < 4.78 is 23.7. The van der Waals surface area contributed by atoms with Gasteiger partial charge in [0, 0.05) is 18.9 Å². The van der Waals surface area contributed by atoms with Gasteiger partial charge in [-0.25, -0.2) is 4.39 Å². The molecule has 1 unspecified atom stereocenters. The van der Waals surface area contributed by atoms with E-state index < -0.39 is 5.82 Å². The molecule has 0 saturated carbocycles. The molecule has 1 aromatic carbocycles. The normalized spacial score (nSPS) is 12.8. The van der Waals surface area contributed by atoms with Crippen LogP contribution >= 0.6 is 0 Å². The maximum atomic E-state index is 13.4. The van der Waals surface area contributed by atoms with E-state index in [4.69, 9.17) is 9.15 Å². The molecule has 0 radical (unpaired) electrons. The highest BCUT2D eigenvalue weighted by Gasteiger charge is 2.15. The quantitative estimate of drug-likeness (QED) is 0.761. The Morgan fingerprint density at radius 2 is 2.28 bits per heavy atom. The molecule has 4 heteroatoms. The van der Waals surface area contributed by atoms with Gasteiger partial charge in [-0.05, 0) is 25.5 Å². The lowest BCUT2D eigenvalue weighted by Gasteiger charge is -2.06. The summed E-state index contributed by atoms with van der Waals surface area (Å²) in [6.07, 6.45) is 0.973. The van der Waals surface area contributed by atoms with Crippen LogP contribution in [-0.2, 0) is 4.74 Å². The Labute approximate surface area is 105 Å². The maximum absolute atomic E-state index is 13.4. The summed E-state index contributed by atoms with van der Waals surface area (Å²) in [5, 5.41) is 0.609. The number of hydrogen-bond acceptors (Lipinski definition) is 3. The number of carbonyl (C=O) groups excluding carboxylic acids is 1. The topological polar surface area (TPSA) is 39.4 Å². The van der Waals surface area contributed by atoms with E-state index in [-0.39, 0.29) is 23.2 Å². The Morgan fingerprint density at radius 1 is 1.50 bits per heavy atom. The van der Waals surface area contributed by atoms with Crippen LogP contribution in [0.15, 0.2) is 28.7 Å². The highest BCUT2D eigenvalue weighted by Crippen LogP contribution is 2.23. The second-order valence-electron chi connectivity index (χ2n) is 4.28. The van der Waals surface area contributed by atoms with Crippen LogP contribution in [0.2, 0.25) is 0 Å². The molecule has 18 heavy (non-hydrogen) atoms. The number of rotatable bonds is 5. The molecule has 2 rings (SSSR count). The number of methoxy groups -OCH3 is 1. The smallest absolute Gasteiger partial charge is 0.198 e. The van der Waals surface area contributed by atoms with Crippen molar-refractivity contribution in [2.75, 3.05) is 7.11 Å². The Morgan fingerprint density at radius 3 is 2.94 bits per heavy atom. The second kappa shape index (κ2) is 5.31. The number of benzene rings is 1. The van der Waals surface area contributed by atoms with Crippen LogP contribution in [0.5, 0.6) is 0 Å². The lowest BCUT2D eigenvalue weighted by molar-refractivity contribution is 0.0858. The van der Waals surface area contributed by atoms with Gasteiger partial charge in [0.25, 0.3) is 0 Å². The molecular formula is C14H15FO3. The third-order valence-electron chi connectivity index (χ3n) is 2.95. The Hall–Kier alpha value is -1.68. The molecule has 1 heterocycles. The molecule has 1 aromatic heterocycles. The molecule has 0 aliphatic carbocycles. The molecule has 1 atom stereocenters. The lowest BCUT2D eigenvalue weighted by atomic mass is 10.1. The molecule has 0 saturated heterocycles. The van der Waals surface area contributed by atoms with E-state index >= 15 is 0 Å². The van der Waals surface area contributed by atoms with Crippen LogP contribution in [0.25, 0.3) is 11.0 Å². The van der Waals surface area contributed by atoms with E-state index in [9.17, 15) is 9.18 Å². The third kappa shape index (κ3) is 2.59. The summed E-state index contributed by atoms with van der Waals surface area (Å²) in [5.41, 5.74) is 0.139. The number of hydrogen-bond donors (Lipinski definition) is 0. The zero-order valence-corrected chi connectivity index (χ0v) is 10.4. The average molecular weight is 250 g/mol. The number of ether oxygens (including phenoxy) is 1. The van der Waals surface area contributed by atoms with Crippen LogP contribution in [0.4, 0.5) is 4.39 Å². The number of para-hydroxylation sites is 1. The van der Waals surface area contributed by atoms with Crippen LogP contribution in [-0.4, -0.2) is 19.0 Å². The summed E-state index contributed by atoms with van der Waals surface area (Å²) in [6, 6.07) is 6.20. The van der Waals surface area contributed by atoms with Gasteiger partial charge in [-0.15, -0.1) is 0 Å². The van der Waals surface area contributed by atoms with E-state index in [0.29, 0.717) is 18.2 Å². The summed E-state index contributed by atoms with van der Waals surface area (Å²) >= 11 is 0. The van der Waals surface area contributed by atoms with Crippen molar-refractivity contribution >= 4 is 16.8 Å². The van der Waals surface area contributed by atoms with Gasteiger partial charge in [-0.1, -0.05) is 12.1 Å². The first-order valence-electron chi connectivity index (χ1n) is 5.86. The molecule has 0 amide bonds. The second-order valence-corrected chi connectivity index (χ2v) is 4.28. The van der Waals surface area contributed by atoms with E-state index in [1.165, 1.54) is 6.07 Å². The van der Waals surface area contributed by atoms with Gasteiger partial charge in [0.15, 0.2) is 22.9 Å². The number of furan rings is 1. The molecule has 0 spiro atoms. The number of fused-ring (bicyclic) bond motifs is 1. The average Bonchev–Trinajstić information content (AvgIpc) is 2.81. The first kappa shape index (κ1) is 12.8. The van der Waals surface area contributed by atoms with E-state index in [0.717, 1.165) is 0 Å². The summed E-state index contributed by atoms with van der Waals surface area (Å²) in [4.78, 5) is 11.9. The molecule has 0 fully saturated rings. The van der Waals surface area contributed by atoms with Crippen molar-refractivity contribution in [2.24, 2.45) is 0 Å². The van der Waals surface area contributed by atoms with Crippen LogP contribution < -0.4 is 0 Å². The summed E-state index contributed by atoms with van der Waals surface area (Å²) in [6.45, 7) is 1.89. The summed E-state index contributed by atoms with van der Waals surface area (Å²) in [7, 11) is 1.60. The fourth-order valence-electron chi connectivity index (χ4n) is 1.74. The highest BCUT2D eigenvalue weighted by atomic mass is 19.1. The van der Waals surface area contributed by atoms with Crippen molar-refractivity contribution in [1.82, 2.24) is 0 Å². The maximum Gasteiger partial charge on any atom is 0.198 e. The molecule has 3 nitrogen and oxygen atoms in total. The van der Waals surface area contributed by atoms with Gasteiger partial charge in [0.2, 0.25) is 0 Å². The minimum absolute atomic E-state index is 0.0232. The van der Waals surface area contributed by atoms with Crippen molar-refractivity contribution in [1.29, 1.82) is 0 Å². The van der Waals surface area contributed by atoms with Gasteiger partial charge in [0.05, 0.1) is 6.10 Å². The van der Waals surface area contributed by atoms with E-state index in [1.54, 1.807) is 25.3 Å². The number of carbonyl (C=O) groups is 1. The van der Waals surface area contributed by atoms with Crippen LogP contribution in [0.3, 0.4) is 0 Å². The number of Topliss-reactive ketones (excluding diaryl/α,β-unsaturated/α-hetero) is 1. The standard InChI is InChI=1S/C14H15FO3/c1-9(17-2)6-7-12(16)13-8-10-4-3-5-11(15)14(10)18-13/h3-5,8-9H,6-7H2,1-2H3. The Kier molecular flexibility index (Phi) is 3.77. The SMILES string of the molecule is COC(C)CCC(=O)c1cc2cccc(F)c2o1. The predicted molar refractivity (Wildman–Crippen MR) is 66.2 cm³/mol. The fraction of sp³-hybridized carbons (Fsp3) is 0.357. The molecule has 2 aromatic rings. The zero-order valence-electron chi connectivity index (χ0n) is 10.4. The summed E-state index contributed by atoms with van der Waals surface area (Å²) in [5.74, 6) is -0.371. The first-order valence-corrected chi connectivity index (χ1v) is 5.86. The van der Waals surface area contributed by atoms with Crippen molar-refractivity contribution in [3.63, 3.8) is 0 Å². The van der Waals surface area contributed by atoms with Crippen molar-refractivity contribution < 1.29 is 18.3 Å². The monoisotopic (exact) mass is 250 g/mol. The molecular weight excluding hydrogens is 235 g/mol. The number of ketones is 1. The molecule has 0 aliphatic heterocycles.